The Morgan fingerprint density at radius 3 is 2.36 bits per heavy atom. The number of carboxylic acid groups (broad SMARTS) is 2. The van der Waals surface area contributed by atoms with Gasteiger partial charge >= 0.3 is 11.9 Å². The first kappa shape index (κ1) is 31.7. The van der Waals surface area contributed by atoms with Crippen LogP contribution in [-0.4, -0.2) is 99.9 Å². The van der Waals surface area contributed by atoms with Crippen LogP contribution in [0.4, 0.5) is 0 Å². The van der Waals surface area contributed by atoms with Crippen molar-refractivity contribution in [2.24, 2.45) is 5.73 Å². The van der Waals surface area contributed by atoms with E-state index in [1.165, 1.54) is 18.9 Å². The summed E-state index contributed by atoms with van der Waals surface area (Å²) in [7, 11) is 1.47. The number of benzene rings is 1. The number of carbonyl (C=O) groups excluding carboxylic acids is 3. The van der Waals surface area contributed by atoms with E-state index in [-0.39, 0.29) is 25.8 Å². The van der Waals surface area contributed by atoms with Crippen molar-refractivity contribution >= 4 is 29.7 Å². The van der Waals surface area contributed by atoms with Crippen molar-refractivity contribution in [3.8, 4) is 0 Å². The normalized spacial score (nSPS) is 20.3. The largest absolute Gasteiger partial charge is 0.481 e. The van der Waals surface area contributed by atoms with Crippen LogP contribution >= 0.6 is 0 Å². The number of carbonyl (C=O) groups is 5. The van der Waals surface area contributed by atoms with Crippen LogP contribution in [0.15, 0.2) is 30.3 Å². The highest BCUT2D eigenvalue weighted by Gasteiger charge is 2.39. The van der Waals surface area contributed by atoms with Crippen LogP contribution < -0.4 is 16.4 Å². The second-order valence-electron chi connectivity index (χ2n) is 9.63. The number of aliphatic hydroxyl groups is 1. The van der Waals surface area contributed by atoms with Gasteiger partial charge in [0.15, 0.2) is 0 Å². The van der Waals surface area contributed by atoms with E-state index < -0.39 is 72.5 Å². The zero-order chi connectivity index (χ0) is 29.1. The molecule has 0 aromatic heterocycles. The summed E-state index contributed by atoms with van der Waals surface area (Å²) >= 11 is 0. The summed E-state index contributed by atoms with van der Waals surface area (Å²) in [5.41, 5.74) is 6.90. The van der Waals surface area contributed by atoms with E-state index in [2.05, 4.69) is 10.6 Å². The maximum Gasteiger partial charge on any atom is 0.326 e. The lowest BCUT2D eigenvalue weighted by Crippen LogP contribution is -2.61. The number of nitrogens with zero attached hydrogens (tertiary/aromatic N) is 1. The van der Waals surface area contributed by atoms with Crippen molar-refractivity contribution in [1.82, 2.24) is 15.5 Å². The lowest BCUT2D eigenvalue weighted by molar-refractivity contribution is -0.148. The molecule has 216 valence electrons. The molecule has 1 fully saturated rings. The molecule has 1 aliphatic heterocycles. The van der Waals surface area contributed by atoms with Crippen LogP contribution in [0.3, 0.4) is 0 Å². The van der Waals surface area contributed by atoms with Gasteiger partial charge in [0, 0.05) is 20.1 Å². The van der Waals surface area contributed by atoms with Gasteiger partial charge in [-0.25, -0.2) is 4.79 Å². The molecule has 0 radical (unpaired) electrons. The molecule has 2 rings (SSSR count). The average Bonchev–Trinajstić information content (AvgIpc) is 2.89. The van der Waals surface area contributed by atoms with E-state index in [0.717, 1.165) is 5.56 Å². The quantitative estimate of drug-likeness (QED) is 0.171. The first-order valence-corrected chi connectivity index (χ1v) is 12.8. The van der Waals surface area contributed by atoms with Gasteiger partial charge in [-0.3, -0.25) is 19.2 Å². The number of ether oxygens (including phenoxy) is 1. The van der Waals surface area contributed by atoms with Gasteiger partial charge in [0.2, 0.25) is 17.7 Å². The van der Waals surface area contributed by atoms with Gasteiger partial charge in [-0.05, 0) is 38.2 Å². The molecule has 1 aromatic rings. The zero-order valence-corrected chi connectivity index (χ0v) is 22.1. The Morgan fingerprint density at radius 1 is 1.13 bits per heavy atom. The fourth-order valence-electron chi connectivity index (χ4n) is 4.62. The molecular weight excluding hydrogens is 512 g/mol. The van der Waals surface area contributed by atoms with Crippen molar-refractivity contribution in [2.45, 2.75) is 81.8 Å². The molecule has 0 bridgehead atoms. The molecule has 0 spiro atoms. The number of aliphatic hydroxyl groups excluding tert-OH is 1. The summed E-state index contributed by atoms with van der Waals surface area (Å²) in [4.78, 5) is 62.5. The number of likely N-dealkylation sites (tertiary alicyclic amines) is 1. The molecule has 0 unspecified atom stereocenters. The lowest BCUT2D eigenvalue weighted by atomic mass is 9.93. The van der Waals surface area contributed by atoms with Crippen LogP contribution in [0.5, 0.6) is 0 Å². The van der Waals surface area contributed by atoms with E-state index in [1.54, 1.807) is 0 Å². The number of amides is 3. The molecule has 0 saturated carbocycles. The van der Waals surface area contributed by atoms with E-state index in [9.17, 15) is 34.2 Å². The molecule has 1 aliphatic rings. The number of methoxy groups -OCH3 is 1. The van der Waals surface area contributed by atoms with Gasteiger partial charge in [0.1, 0.15) is 12.1 Å². The predicted molar refractivity (Wildman–Crippen MR) is 138 cm³/mol. The monoisotopic (exact) mass is 550 g/mol. The molecule has 7 N–H and O–H groups in total. The Kier molecular flexibility index (Phi) is 12.3. The molecule has 0 aliphatic carbocycles. The van der Waals surface area contributed by atoms with Gasteiger partial charge < -0.3 is 41.3 Å². The zero-order valence-electron chi connectivity index (χ0n) is 22.1. The molecular formula is C26H38N4O9. The summed E-state index contributed by atoms with van der Waals surface area (Å²) in [6.07, 6.45) is -1.18. The first-order valence-electron chi connectivity index (χ1n) is 12.8. The summed E-state index contributed by atoms with van der Waals surface area (Å²) in [5.74, 6) is -4.71. The maximum atomic E-state index is 13.6. The Balaban J connectivity index is 2.11. The van der Waals surface area contributed by atoms with E-state index in [1.807, 2.05) is 30.3 Å². The SMILES string of the molecule is CO[C@@H]1CCCN(C(=O)[C@@H](NC(=O)[C@@H](N)Cc2ccccc2)[C@H](C)O)[C@@H]1CCC(=O)N[C@@H](CC(=O)O)C(=O)O. The fourth-order valence-corrected chi connectivity index (χ4v) is 4.62. The number of piperidine rings is 1. The van der Waals surface area contributed by atoms with E-state index in [0.29, 0.717) is 12.8 Å². The van der Waals surface area contributed by atoms with Crippen molar-refractivity contribution in [3.63, 3.8) is 0 Å². The number of carboxylic acids is 2. The van der Waals surface area contributed by atoms with Crippen LogP contribution in [0, 0.1) is 0 Å². The molecule has 1 heterocycles. The molecule has 3 amide bonds. The molecule has 6 atom stereocenters. The minimum Gasteiger partial charge on any atom is -0.481 e. The fraction of sp³-hybridized carbons (Fsp3) is 0.577. The van der Waals surface area contributed by atoms with Crippen LogP contribution in [0.1, 0.15) is 44.6 Å². The van der Waals surface area contributed by atoms with Crippen LogP contribution in [0.2, 0.25) is 0 Å². The van der Waals surface area contributed by atoms with Gasteiger partial charge in [-0.1, -0.05) is 30.3 Å². The first-order chi connectivity index (χ1) is 18.4. The van der Waals surface area contributed by atoms with Gasteiger partial charge in [0.05, 0.1) is 30.7 Å². The van der Waals surface area contributed by atoms with Gasteiger partial charge in [-0.2, -0.15) is 0 Å². The number of aliphatic carboxylic acids is 2. The highest BCUT2D eigenvalue weighted by molar-refractivity contribution is 5.90. The summed E-state index contributed by atoms with van der Waals surface area (Å²) in [5, 5.41) is 33.2. The number of rotatable bonds is 14. The van der Waals surface area contributed by atoms with Gasteiger partial charge in [-0.15, -0.1) is 0 Å². The molecule has 1 saturated heterocycles. The number of nitrogens with two attached hydrogens (primary N) is 1. The van der Waals surface area contributed by atoms with E-state index >= 15 is 0 Å². The average molecular weight is 551 g/mol. The third-order valence-electron chi connectivity index (χ3n) is 6.66. The standard InChI is InChI=1S/C26H38N4O9/c1-15(31)23(29-24(35)17(27)13-16-7-4-3-5-8-16)25(36)30-12-6-9-20(39-2)19(30)10-11-21(32)28-18(26(37)38)14-22(33)34/h3-5,7-8,15,17-20,23,31H,6,9-14,27H2,1-2H3,(H,28,32)(H,29,35)(H,33,34)(H,37,38)/t15-,17-,18-,19+,20+,23-/m0/s1. The van der Waals surface area contributed by atoms with E-state index in [4.69, 9.17) is 15.6 Å². The molecule has 13 heteroatoms. The van der Waals surface area contributed by atoms with Crippen molar-refractivity contribution in [1.29, 1.82) is 0 Å². The topological polar surface area (TPSA) is 209 Å². The van der Waals surface area contributed by atoms with Gasteiger partial charge in [0.25, 0.3) is 0 Å². The minimum atomic E-state index is -1.59. The Bertz CT molecular complexity index is 1000. The van der Waals surface area contributed by atoms with Crippen molar-refractivity contribution in [2.75, 3.05) is 13.7 Å². The second kappa shape index (κ2) is 15.1. The molecule has 39 heavy (non-hydrogen) atoms. The lowest BCUT2D eigenvalue weighted by Gasteiger charge is -2.42. The minimum absolute atomic E-state index is 0.0868. The Morgan fingerprint density at radius 2 is 1.79 bits per heavy atom. The highest BCUT2D eigenvalue weighted by atomic mass is 16.5. The number of hydrogen-bond donors (Lipinski definition) is 6. The third kappa shape index (κ3) is 9.61. The second-order valence-corrected chi connectivity index (χ2v) is 9.63. The molecule has 13 nitrogen and oxygen atoms in total. The highest BCUT2D eigenvalue weighted by Crippen LogP contribution is 2.25. The summed E-state index contributed by atoms with van der Waals surface area (Å²) in [6, 6.07) is 4.67. The van der Waals surface area contributed by atoms with Crippen molar-refractivity contribution in [3.05, 3.63) is 35.9 Å². The summed E-state index contributed by atoms with van der Waals surface area (Å²) < 4.78 is 5.55. The predicted octanol–water partition coefficient (Wildman–Crippen LogP) is -0.748. The number of nitrogens with one attached hydrogen (secondary N) is 2. The van der Waals surface area contributed by atoms with Crippen LogP contribution in [-0.2, 0) is 35.1 Å². The Labute approximate surface area is 226 Å². The third-order valence-corrected chi connectivity index (χ3v) is 6.66. The smallest absolute Gasteiger partial charge is 0.326 e. The van der Waals surface area contributed by atoms with Crippen molar-refractivity contribution < 1.29 is 44.0 Å². The number of hydrogen-bond acceptors (Lipinski definition) is 8. The molecule has 1 aromatic carbocycles. The Hall–Kier alpha value is -3.55. The summed E-state index contributed by atoms with van der Waals surface area (Å²) in [6.45, 7) is 1.66. The maximum absolute atomic E-state index is 13.6. The van der Waals surface area contributed by atoms with Crippen LogP contribution in [0.25, 0.3) is 0 Å².